The van der Waals surface area contributed by atoms with Crippen LogP contribution < -0.4 is 0 Å². The van der Waals surface area contributed by atoms with Gasteiger partial charge in [-0.25, -0.2) is 0 Å². The smallest absolute Gasteiger partial charge is 0.0537 e. The molecule has 256 valence electrons. The summed E-state index contributed by atoms with van der Waals surface area (Å²) in [5.74, 6) is 0. The zero-order chi connectivity index (χ0) is 36.2. The van der Waals surface area contributed by atoms with Crippen LogP contribution in [0.4, 0.5) is 0 Å². The second-order valence-electron chi connectivity index (χ2n) is 12.4. The lowest BCUT2D eigenvalue weighted by Gasteiger charge is -2.10. The van der Waals surface area contributed by atoms with E-state index in [2.05, 4.69) is 178 Å². The van der Waals surface area contributed by atoms with E-state index < -0.39 is 0 Å². The van der Waals surface area contributed by atoms with E-state index in [0.29, 0.717) is 0 Å². The highest BCUT2D eigenvalue weighted by molar-refractivity contribution is 7.25. The fourth-order valence-corrected chi connectivity index (χ4v) is 7.78. The van der Waals surface area contributed by atoms with E-state index in [0.717, 1.165) is 24.8 Å². The molecular formula is C48H48N2S. The minimum atomic E-state index is 0.937. The number of aryl methyl sites for hydroxylation is 2. The first-order valence-corrected chi connectivity index (χ1v) is 18.5. The Balaban J connectivity index is 0.000000192. The standard InChI is InChI=1S/C26H22S.C21H23N.CH3N/c1-3-5-10-21(4-2)22-11-8-9-19(17-22)16-20-14-15-24-23-12-6-7-13-25(23)27-26(24)18-20;1-4-6-13-20-18(5-2)19-12-7-8-14-21(19)22(20)17-11-9-10-16(3)15-17;1-2/h3-15,17-18H,2,16H2,1H3;6-15H,4-5H2,1-3H3;2H,1H2/b5-3-,21-10+;13-6-;. The lowest BCUT2D eigenvalue weighted by molar-refractivity contribution is 1.06. The molecule has 0 radical (unpaired) electrons. The van der Waals surface area contributed by atoms with Gasteiger partial charge in [-0.05, 0) is 110 Å². The summed E-state index contributed by atoms with van der Waals surface area (Å²) in [7, 11) is 0. The lowest BCUT2D eigenvalue weighted by atomic mass is 9.98. The molecule has 0 saturated carbocycles. The van der Waals surface area contributed by atoms with Gasteiger partial charge in [0.2, 0.25) is 0 Å². The number of allylic oxidation sites excluding steroid dienone is 6. The first kappa shape index (κ1) is 36.8. The fraction of sp³-hybridized carbons (Fsp3) is 0.146. The molecule has 0 spiro atoms. The second kappa shape index (κ2) is 17.9. The van der Waals surface area contributed by atoms with Gasteiger partial charge in [-0.3, -0.25) is 0 Å². The van der Waals surface area contributed by atoms with Crippen molar-refractivity contribution in [2.24, 2.45) is 0 Å². The molecule has 0 atom stereocenters. The van der Waals surface area contributed by atoms with Gasteiger partial charge in [0.1, 0.15) is 0 Å². The van der Waals surface area contributed by atoms with Crippen molar-refractivity contribution in [1.82, 2.24) is 4.57 Å². The van der Waals surface area contributed by atoms with Crippen LogP contribution in [0.1, 0.15) is 60.7 Å². The number of hydrogen-bond donors (Lipinski definition) is 1. The third-order valence-corrected chi connectivity index (χ3v) is 10.1. The molecule has 3 heteroatoms. The van der Waals surface area contributed by atoms with Crippen LogP contribution in [0.5, 0.6) is 0 Å². The van der Waals surface area contributed by atoms with E-state index in [9.17, 15) is 0 Å². The molecular weight excluding hydrogens is 637 g/mol. The average Bonchev–Trinajstić information content (AvgIpc) is 3.70. The molecule has 1 N–H and O–H groups in total. The van der Waals surface area contributed by atoms with Gasteiger partial charge in [0, 0.05) is 36.9 Å². The van der Waals surface area contributed by atoms with Crippen LogP contribution in [0.2, 0.25) is 0 Å². The van der Waals surface area contributed by atoms with Gasteiger partial charge in [0.25, 0.3) is 0 Å². The Labute approximate surface area is 307 Å². The summed E-state index contributed by atoms with van der Waals surface area (Å²) in [5.41, 5.74) is 11.6. The van der Waals surface area contributed by atoms with Crippen LogP contribution in [0.3, 0.4) is 0 Å². The van der Waals surface area contributed by atoms with Crippen LogP contribution in [0.25, 0.3) is 48.4 Å². The lowest BCUT2D eigenvalue weighted by Crippen LogP contribution is -1.98. The van der Waals surface area contributed by atoms with Gasteiger partial charge >= 0.3 is 0 Å². The van der Waals surface area contributed by atoms with Gasteiger partial charge in [-0.1, -0.05) is 136 Å². The quantitative estimate of drug-likeness (QED) is 0.116. The molecule has 0 aliphatic carbocycles. The monoisotopic (exact) mass is 684 g/mol. The minimum absolute atomic E-state index is 0.937. The summed E-state index contributed by atoms with van der Waals surface area (Å²) in [6.07, 6.45) is 15.7. The van der Waals surface area contributed by atoms with E-state index in [1.165, 1.54) is 70.3 Å². The largest absolute Gasteiger partial charge is 0.317 e. The summed E-state index contributed by atoms with van der Waals surface area (Å²) in [6.45, 7) is 15.1. The van der Waals surface area contributed by atoms with Crippen molar-refractivity contribution in [3.8, 4) is 5.69 Å². The summed E-state index contributed by atoms with van der Waals surface area (Å²) in [5, 5.41) is 9.58. The Morgan fingerprint density at radius 2 is 1.49 bits per heavy atom. The Morgan fingerprint density at radius 1 is 0.765 bits per heavy atom. The molecule has 0 amide bonds. The predicted molar refractivity (Wildman–Crippen MR) is 228 cm³/mol. The topological polar surface area (TPSA) is 28.8 Å². The number of nitrogens with zero attached hydrogens (tertiary/aromatic N) is 1. The third kappa shape index (κ3) is 8.45. The van der Waals surface area contributed by atoms with E-state index in [-0.39, 0.29) is 0 Å². The van der Waals surface area contributed by atoms with Crippen molar-refractivity contribution in [1.29, 1.82) is 5.41 Å². The van der Waals surface area contributed by atoms with Crippen molar-refractivity contribution in [3.63, 3.8) is 0 Å². The number of benzene rings is 5. The predicted octanol–water partition coefficient (Wildman–Crippen LogP) is 14.0. The SMILES string of the molecule is C=C/C(=C\C=C/C)c1cccc(Cc2ccc3c(c2)sc2ccccc23)c1.C=N.CC/C=C\c1c(CC)c2ccccc2n1-c1cccc(C)c1. The summed E-state index contributed by atoms with van der Waals surface area (Å²) in [4.78, 5) is 0. The highest BCUT2D eigenvalue weighted by Gasteiger charge is 2.15. The molecule has 0 bridgehead atoms. The maximum Gasteiger partial charge on any atom is 0.0537 e. The summed E-state index contributed by atoms with van der Waals surface area (Å²) in [6, 6.07) is 41.8. The van der Waals surface area contributed by atoms with Gasteiger partial charge < -0.3 is 9.98 Å². The number of rotatable bonds is 9. The van der Waals surface area contributed by atoms with E-state index in [1.807, 2.05) is 30.4 Å². The van der Waals surface area contributed by atoms with E-state index in [1.54, 1.807) is 0 Å². The molecule has 0 aliphatic heterocycles. The molecule has 2 nitrogen and oxygen atoms in total. The Hall–Kier alpha value is -5.51. The normalized spacial score (nSPS) is 11.6. The fourth-order valence-electron chi connectivity index (χ4n) is 6.61. The molecule has 0 saturated heterocycles. The molecule has 0 unspecified atom stereocenters. The summed E-state index contributed by atoms with van der Waals surface area (Å²) < 4.78 is 5.12. The highest BCUT2D eigenvalue weighted by atomic mass is 32.1. The van der Waals surface area contributed by atoms with Crippen molar-refractivity contribution in [3.05, 3.63) is 186 Å². The van der Waals surface area contributed by atoms with Crippen molar-refractivity contribution in [2.75, 3.05) is 0 Å². The maximum atomic E-state index is 5.50. The number of aromatic nitrogens is 1. The number of thiophene rings is 1. The highest BCUT2D eigenvalue weighted by Crippen LogP contribution is 2.35. The Morgan fingerprint density at radius 3 is 2.24 bits per heavy atom. The molecule has 5 aromatic carbocycles. The zero-order valence-electron chi connectivity index (χ0n) is 30.3. The molecule has 0 fully saturated rings. The van der Waals surface area contributed by atoms with E-state index in [4.69, 9.17) is 5.41 Å². The van der Waals surface area contributed by atoms with Crippen molar-refractivity contribution >= 4 is 60.8 Å². The van der Waals surface area contributed by atoms with Gasteiger partial charge in [-0.2, -0.15) is 0 Å². The third-order valence-electron chi connectivity index (χ3n) is 8.94. The Bertz CT molecular complexity index is 2340. The molecule has 0 aliphatic rings. The van der Waals surface area contributed by atoms with Crippen LogP contribution in [-0.4, -0.2) is 11.3 Å². The second-order valence-corrected chi connectivity index (χ2v) is 13.5. The minimum Gasteiger partial charge on any atom is -0.317 e. The van der Waals surface area contributed by atoms with Crippen molar-refractivity contribution in [2.45, 2.75) is 47.0 Å². The van der Waals surface area contributed by atoms with E-state index >= 15 is 0 Å². The molecule has 7 aromatic rings. The number of nitrogens with one attached hydrogen (secondary N) is 1. The maximum absolute atomic E-state index is 5.50. The van der Waals surface area contributed by atoms with Crippen LogP contribution in [0, 0.1) is 12.3 Å². The van der Waals surface area contributed by atoms with Gasteiger partial charge in [0.05, 0.1) is 5.52 Å². The summed E-state index contributed by atoms with van der Waals surface area (Å²) >= 11 is 1.88. The number of fused-ring (bicyclic) bond motifs is 4. The van der Waals surface area contributed by atoms with Crippen LogP contribution >= 0.6 is 11.3 Å². The molecule has 2 aromatic heterocycles. The van der Waals surface area contributed by atoms with Gasteiger partial charge in [0.15, 0.2) is 0 Å². The number of para-hydroxylation sites is 1. The first-order chi connectivity index (χ1) is 25.0. The van der Waals surface area contributed by atoms with Gasteiger partial charge in [-0.15, -0.1) is 11.3 Å². The number of hydrogen-bond acceptors (Lipinski definition) is 2. The first-order valence-electron chi connectivity index (χ1n) is 17.7. The van der Waals surface area contributed by atoms with Crippen LogP contribution in [-0.2, 0) is 12.8 Å². The molecule has 2 heterocycles. The Kier molecular flexibility index (Phi) is 12.9. The van der Waals surface area contributed by atoms with Crippen LogP contribution in [0.15, 0.2) is 152 Å². The zero-order valence-corrected chi connectivity index (χ0v) is 31.1. The molecule has 7 rings (SSSR count). The molecule has 51 heavy (non-hydrogen) atoms. The van der Waals surface area contributed by atoms with Crippen molar-refractivity contribution < 1.29 is 0 Å². The average molecular weight is 685 g/mol.